The summed E-state index contributed by atoms with van der Waals surface area (Å²) < 4.78 is 4.12. The summed E-state index contributed by atoms with van der Waals surface area (Å²) in [6.07, 6.45) is 4.84. The van der Waals surface area contributed by atoms with Crippen LogP contribution in [0.1, 0.15) is 18.3 Å². The highest BCUT2D eigenvalue weighted by Gasteiger charge is 2.10. The van der Waals surface area contributed by atoms with Crippen molar-refractivity contribution < 1.29 is 0 Å². The third kappa shape index (κ3) is 2.33. The average molecular weight is 272 g/mol. The lowest BCUT2D eigenvalue weighted by Crippen LogP contribution is -2.05. The van der Waals surface area contributed by atoms with Crippen LogP contribution in [-0.4, -0.2) is 19.3 Å². The van der Waals surface area contributed by atoms with E-state index in [1.807, 2.05) is 24.1 Å². The second kappa shape index (κ2) is 5.01. The topological polar surface area (TPSA) is 35.6 Å². The quantitative estimate of drug-likeness (QED) is 0.732. The zero-order valence-corrected chi connectivity index (χ0v) is 11.9. The van der Waals surface area contributed by atoms with Crippen LogP contribution in [0.25, 0.3) is 10.7 Å². The molecule has 0 N–H and O–H groups in total. The van der Waals surface area contributed by atoms with Gasteiger partial charge in [-0.05, 0) is 23.9 Å². The molecule has 19 heavy (non-hydrogen) atoms. The molecule has 0 saturated carbocycles. The molecular weight excluding hydrogens is 256 g/mol. The van der Waals surface area contributed by atoms with Gasteiger partial charge in [0.15, 0.2) is 0 Å². The predicted octanol–water partition coefficient (Wildman–Crippen LogP) is 2.96. The molecule has 0 atom stereocenters. The molecule has 0 saturated heterocycles. The molecule has 0 spiro atoms. The molecule has 0 aliphatic carbocycles. The van der Waals surface area contributed by atoms with Crippen LogP contribution >= 0.6 is 11.3 Å². The van der Waals surface area contributed by atoms with Crippen molar-refractivity contribution in [2.24, 2.45) is 7.05 Å². The molecule has 0 amide bonds. The number of nitrogens with zero attached hydrogens (tertiary/aromatic N) is 4. The van der Waals surface area contributed by atoms with Gasteiger partial charge in [0.1, 0.15) is 5.82 Å². The summed E-state index contributed by atoms with van der Waals surface area (Å²) in [6, 6.07) is 6.32. The summed E-state index contributed by atoms with van der Waals surface area (Å²) in [5.41, 5.74) is 2.34. The van der Waals surface area contributed by atoms with Gasteiger partial charge in [0.2, 0.25) is 0 Å². The third-order valence-corrected chi connectivity index (χ3v) is 4.04. The van der Waals surface area contributed by atoms with E-state index >= 15 is 0 Å². The van der Waals surface area contributed by atoms with E-state index in [1.165, 1.54) is 10.6 Å². The Hall–Kier alpha value is -1.88. The van der Waals surface area contributed by atoms with Gasteiger partial charge in [0.05, 0.1) is 22.8 Å². The summed E-state index contributed by atoms with van der Waals surface area (Å²) in [4.78, 5) is 5.65. The number of hydrogen-bond acceptors (Lipinski definition) is 3. The van der Waals surface area contributed by atoms with Gasteiger partial charge in [0.25, 0.3) is 0 Å². The smallest absolute Gasteiger partial charge is 0.150 e. The second-order valence-electron chi connectivity index (χ2n) is 4.46. The van der Waals surface area contributed by atoms with Crippen molar-refractivity contribution in [2.75, 3.05) is 0 Å². The molecule has 98 valence electrons. The van der Waals surface area contributed by atoms with Crippen molar-refractivity contribution in [1.82, 2.24) is 19.3 Å². The lowest BCUT2D eigenvalue weighted by molar-refractivity contribution is 0.663. The highest BCUT2D eigenvalue weighted by Crippen LogP contribution is 2.23. The van der Waals surface area contributed by atoms with Gasteiger partial charge in [-0.25, -0.2) is 4.98 Å². The molecule has 3 aromatic rings. The monoisotopic (exact) mass is 272 g/mol. The van der Waals surface area contributed by atoms with Crippen LogP contribution in [0.5, 0.6) is 0 Å². The third-order valence-electron chi connectivity index (χ3n) is 3.18. The number of thiophene rings is 1. The molecule has 0 radical (unpaired) electrons. The van der Waals surface area contributed by atoms with Crippen molar-refractivity contribution in [3.63, 3.8) is 0 Å². The Morgan fingerprint density at radius 2 is 2.26 bits per heavy atom. The van der Waals surface area contributed by atoms with Gasteiger partial charge in [-0.15, -0.1) is 11.3 Å². The van der Waals surface area contributed by atoms with E-state index in [9.17, 15) is 0 Å². The van der Waals surface area contributed by atoms with Gasteiger partial charge < -0.3 is 4.57 Å². The first-order valence-corrected chi connectivity index (χ1v) is 7.22. The van der Waals surface area contributed by atoms with Crippen LogP contribution in [-0.2, 0) is 20.0 Å². The van der Waals surface area contributed by atoms with Crippen LogP contribution in [0.3, 0.4) is 0 Å². The van der Waals surface area contributed by atoms with Gasteiger partial charge >= 0.3 is 0 Å². The van der Waals surface area contributed by atoms with E-state index in [-0.39, 0.29) is 0 Å². The Balaban J connectivity index is 1.92. The van der Waals surface area contributed by atoms with Crippen LogP contribution in [0.4, 0.5) is 0 Å². The summed E-state index contributed by atoms with van der Waals surface area (Å²) in [6.45, 7) is 2.93. The fourth-order valence-corrected chi connectivity index (χ4v) is 2.87. The Bertz CT molecular complexity index is 664. The molecular formula is C14H16N4S. The number of hydrogen-bond donors (Lipinski definition) is 0. The summed E-state index contributed by atoms with van der Waals surface area (Å²) in [7, 11) is 2.00. The highest BCUT2D eigenvalue weighted by atomic mass is 32.1. The van der Waals surface area contributed by atoms with Crippen LogP contribution in [0.15, 0.2) is 36.0 Å². The zero-order valence-electron chi connectivity index (χ0n) is 11.1. The number of imidazole rings is 1. The molecule has 0 unspecified atom stereocenters. The molecule has 4 nitrogen and oxygen atoms in total. The van der Waals surface area contributed by atoms with Crippen molar-refractivity contribution in [1.29, 1.82) is 0 Å². The first kappa shape index (κ1) is 12.2. The van der Waals surface area contributed by atoms with E-state index in [4.69, 9.17) is 0 Å². The second-order valence-corrected chi connectivity index (χ2v) is 5.41. The molecule has 3 rings (SSSR count). The zero-order chi connectivity index (χ0) is 13.2. The normalized spacial score (nSPS) is 11.1. The number of aryl methyl sites for hydroxylation is 2. The van der Waals surface area contributed by atoms with Gasteiger partial charge in [0, 0.05) is 19.4 Å². The van der Waals surface area contributed by atoms with Crippen LogP contribution < -0.4 is 0 Å². The van der Waals surface area contributed by atoms with E-state index in [1.54, 1.807) is 11.3 Å². The summed E-state index contributed by atoms with van der Waals surface area (Å²) >= 11 is 1.71. The first-order chi connectivity index (χ1) is 9.28. The van der Waals surface area contributed by atoms with Gasteiger partial charge in [-0.3, -0.25) is 4.68 Å². The largest absolute Gasteiger partial charge is 0.324 e. The summed E-state index contributed by atoms with van der Waals surface area (Å²) in [5, 5.41) is 6.56. The Labute approximate surface area is 116 Å². The molecule has 0 fully saturated rings. The number of aromatic nitrogens is 4. The van der Waals surface area contributed by atoms with E-state index < -0.39 is 0 Å². The maximum atomic E-state index is 4.49. The molecule has 3 heterocycles. The Morgan fingerprint density at radius 1 is 1.37 bits per heavy atom. The van der Waals surface area contributed by atoms with Crippen molar-refractivity contribution >= 4 is 11.3 Å². The minimum atomic E-state index is 0.802. The number of rotatable bonds is 4. The van der Waals surface area contributed by atoms with E-state index in [0.717, 1.165) is 24.5 Å². The Morgan fingerprint density at radius 3 is 2.95 bits per heavy atom. The van der Waals surface area contributed by atoms with Crippen molar-refractivity contribution in [3.05, 3.63) is 47.4 Å². The summed E-state index contributed by atoms with van der Waals surface area (Å²) in [5.74, 6) is 1.02. The minimum Gasteiger partial charge on any atom is -0.324 e. The molecule has 0 aliphatic heterocycles. The maximum absolute atomic E-state index is 4.49. The average Bonchev–Trinajstić information content (AvgIpc) is 3.11. The standard InChI is InChI=1S/C14H16N4S/c1-3-11-9-12(17(2)16-11)10-18-7-6-15-14(18)13-5-4-8-19-13/h4-9H,3,10H2,1-2H3. The lowest BCUT2D eigenvalue weighted by atomic mass is 10.3. The fraction of sp³-hybridized carbons (Fsp3) is 0.286. The molecule has 5 heteroatoms. The predicted molar refractivity (Wildman–Crippen MR) is 77.2 cm³/mol. The maximum Gasteiger partial charge on any atom is 0.150 e. The van der Waals surface area contributed by atoms with Gasteiger partial charge in [-0.1, -0.05) is 13.0 Å². The van der Waals surface area contributed by atoms with Crippen molar-refractivity contribution in [3.8, 4) is 10.7 Å². The molecule has 0 aliphatic rings. The SMILES string of the molecule is CCc1cc(Cn2ccnc2-c2cccs2)n(C)n1. The molecule has 0 bridgehead atoms. The minimum absolute atomic E-state index is 0.802. The molecule has 0 aromatic carbocycles. The molecule has 3 aromatic heterocycles. The lowest BCUT2D eigenvalue weighted by Gasteiger charge is -2.06. The first-order valence-electron chi connectivity index (χ1n) is 6.34. The van der Waals surface area contributed by atoms with Crippen LogP contribution in [0, 0.1) is 0 Å². The highest BCUT2D eigenvalue weighted by molar-refractivity contribution is 7.13. The Kier molecular flexibility index (Phi) is 3.21. The van der Waals surface area contributed by atoms with Crippen molar-refractivity contribution in [2.45, 2.75) is 19.9 Å². The van der Waals surface area contributed by atoms with E-state index in [0.29, 0.717) is 0 Å². The van der Waals surface area contributed by atoms with Gasteiger partial charge in [-0.2, -0.15) is 5.10 Å². The van der Waals surface area contributed by atoms with E-state index in [2.05, 4.69) is 45.2 Å². The fourth-order valence-electron chi connectivity index (χ4n) is 2.13. The van der Waals surface area contributed by atoms with Crippen LogP contribution in [0.2, 0.25) is 0 Å².